The van der Waals surface area contributed by atoms with Crippen molar-refractivity contribution in [1.29, 1.82) is 0 Å². The van der Waals surface area contributed by atoms with E-state index in [-0.39, 0.29) is 0 Å². The molecule has 0 aromatic rings. The van der Waals surface area contributed by atoms with Crippen molar-refractivity contribution in [2.75, 3.05) is 6.54 Å². The fraction of sp³-hybridized carbons (Fsp3) is 1.00. The van der Waals surface area contributed by atoms with Crippen LogP contribution in [-0.4, -0.2) is 6.54 Å². The van der Waals surface area contributed by atoms with Crippen molar-refractivity contribution in [3.8, 4) is 0 Å². The maximum Gasteiger partial charge on any atom is -0.00515 e. The average molecular weight is 213 g/mol. The van der Waals surface area contributed by atoms with Gasteiger partial charge in [-0.1, -0.05) is 59.8 Å². The van der Waals surface area contributed by atoms with E-state index < -0.39 is 0 Å². The molecule has 0 amide bonds. The zero-order valence-electron chi connectivity index (χ0n) is 11.3. The van der Waals surface area contributed by atoms with E-state index in [0.717, 1.165) is 24.3 Å². The predicted octanol–water partition coefficient (Wildman–Crippen LogP) is 4.21. The molecule has 0 saturated carbocycles. The van der Waals surface area contributed by atoms with Crippen molar-refractivity contribution in [2.24, 2.45) is 23.5 Å². The third-order valence-corrected chi connectivity index (χ3v) is 3.64. The van der Waals surface area contributed by atoms with Crippen LogP contribution in [0.1, 0.15) is 66.2 Å². The summed E-state index contributed by atoms with van der Waals surface area (Å²) in [5, 5.41) is 0. The molecule has 0 rings (SSSR count). The van der Waals surface area contributed by atoms with Gasteiger partial charge in [0.15, 0.2) is 0 Å². The summed E-state index contributed by atoms with van der Waals surface area (Å²) < 4.78 is 0. The van der Waals surface area contributed by atoms with E-state index in [1.165, 1.54) is 38.5 Å². The molecule has 0 aromatic heterocycles. The molecule has 92 valence electrons. The van der Waals surface area contributed by atoms with Crippen LogP contribution in [0.15, 0.2) is 0 Å². The standard InChI is InChI=1S/C14H31N/c1-5-14(12(2)3)10-8-6-7-9-13(4)11-15/h12-14H,5-11,15H2,1-4H3. The van der Waals surface area contributed by atoms with Gasteiger partial charge in [-0.2, -0.15) is 0 Å². The second kappa shape index (κ2) is 9.21. The van der Waals surface area contributed by atoms with Crippen LogP contribution >= 0.6 is 0 Å². The number of hydrogen-bond acceptors (Lipinski definition) is 1. The highest BCUT2D eigenvalue weighted by Crippen LogP contribution is 2.22. The topological polar surface area (TPSA) is 26.0 Å². The van der Waals surface area contributed by atoms with Gasteiger partial charge in [0.2, 0.25) is 0 Å². The maximum atomic E-state index is 5.60. The Morgan fingerprint density at radius 2 is 1.53 bits per heavy atom. The Morgan fingerprint density at radius 3 is 2.00 bits per heavy atom. The monoisotopic (exact) mass is 213 g/mol. The van der Waals surface area contributed by atoms with Gasteiger partial charge in [0, 0.05) is 0 Å². The zero-order chi connectivity index (χ0) is 11.7. The Kier molecular flexibility index (Phi) is 9.18. The first kappa shape index (κ1) is 15.0. The molecule has 2 unspecified atom stereocenters. The molecule has 0 heterocycles. The first-order chi connectivity index (χ1) is 7.11. The highest BCUT2D eigenvalue weighted by atomic mass is 14.5. The second-order valence-electron chi connectivity index (χ2n) is 5.39. The fourth-order valence-corrected chi connectivity index (χ4v) is 2.20. The van der Waals surface area contributed by atoms with Gasteiger partial charge < -0.3 is 5.73 Å². The van der Waals surface area contributed by atoms with E-state index >= 15 is 0 Å². The lowest BCUT2D eigenvalue weighted by Gasteiger charge is -2.18. The van der Waals surface area contributed by atoms with Crippen molar-refractivity contribution >= 4 is 0 Å². The van der Waals surface area contributed by atoms with Crippen molar-refractivity contribution in [1.82, 2.24) is 0 Å². The van der Waals surface area contributed by atoms with Crippen LogP contribution in [-0.2, 0) is 0 Å². The van der Waals surface area contributed by atoms with Crippen molar-refractivity contribution in [2.45, 2.75) is 66.2 Å². The quantitative estimate of drug-likeness (QED) is 0.570. The minimum atomic E-state index is 0.720. The summed E-state index contributed by atoms with van der Waals surface area (Å²) in [6.45, 7) is 10.1. The van der Waals surface area contributed by atoms with Crippen LogP contribution in [0.3, 0.4) is 0 Å². The lowest BCUT2D eigenvalue weighted by Crippen LogP contribution is -2.10. The minimum Gasteiger partial charge on any atom is -0.330 e. The van der Waals surface area contributed by atoms with Gasteiger partial charge in [0.1, 0.15) is 0 Å². The van der Waals surface area contributed by atoms with Crippen molar-refractivity contribution < 1.29 is 0 Å². The molecule has 2 atom stereocenters. The summed E-state index contributed by atoms with van der Waals surface area (Å²) in [5.41, 5.74) is 5.60. The van der Waals surface area contributed by atoms with Crippen molar-refractivity contribution in [3.05, 3.63) is 0 Å². The first-order valence-electron chi connectivity index (χ1n) is 6.81. The Morgan fingerprint density at radius 1 is 0.933 bits per heavy atom. The summed E-state index contributed by atoms with van der Waals surface area (Å²) >= 11 is 0. The van der Waals surface area contributed by atoms with Crippen LogP contribution in [0.2, 0.25) is 0 Å². The summed E-state index contributed by atoms with van der Waals surface area (Å²) in [6.07, 6.45) is 8.26. The molecular weight excluding hydrogens is 182 g/mol. The first-order valence-corrected chi connectivity index (χ1v) is 6.81. The summed E-state index contributed by atoms with van der Waals surface area (Å²) in [4.78, 5) is 0. The van der Waals surface area contributed by atoms with Gasteiger partial charge in [-0.3, -0.25) is 0 Å². The molecule has 0 saturated heterocycles. The van der Waals surface area contributed by atoms with Crippen LogP contribution in [0.4, 0.5) is 0 Å². The van der Waals surface area contributed by atoms with Crippen LogP contribution in [0.25, 0.3) is 0 Å². The van der Waals surface area contributed by atoms with E-state index in [9.17, 15) is 0 Å². The molecule has 0 aliphatic rings. The SMILES string of the molecule is CCC(CCCCCC(C)CN)C(C)C. The normalized spacial score (nSPS) is 15.6. The van der Waals surface area contributed by atoms with E-state index in [4.69, 9.17) is 5.73 Å². The van der Waals surface area contributed by atoms with Gasteiger partial charge in [-0.15, -0.1) is 0 Å². The largest absolute Gasteiger partial charge is 0.330 e. The van der Waals surface area contributed by atoms with Crippen LogP contribution in [0, 0.1) is 17.8 Å². The van der Waals surface area contributed by atoms with E-state index in [0.29, 0.717) is 0 Å². The second-order valence-corrected chi connectivity index (χ2v) is 5.39. The lowest BCUT2D eigenvalue weighted by molar-refractivity contribution is 0.333. The molecule has 0 aliphatic heterocycles. The van der Waals surface area contributed by atoms with Crippen LogP contribution < -0.4 is 5.73 Å². The third kappa shape index (κ3) is 7.84. The highest BCUT2D eigenvalue weighted by molar-refractivity contribution is 4.62. The Bertz CT molecular complexity index is 131. The Labute approximate surface area is 96.8 Å². The van der Waals surface area contributed by atoms with Gasteiger partial charge >= 0.3 is 0 Å². The average Bonchev–Trinajstić information content (AvgIpc) is 2.22. The molecular formula is C14H31N. The molecule has 2 N–H and O–H groups in total. The Hall–Kier alpha value is -0.0400. The summed E-state index contributed by atoms with van der Waals surface area (Å²) in [7, 11) is 0. The molecule has 1 nitrogen and oxygen atoms in total. The minimum absolute atomic E-state index is 0.720. The maximum absolute atomic E-state index is 5.60. The number of unbranched alkanes of at least 4 members (excludes halogenated alkanes) is 2. The highest BCUT2D eigenvalue weighted by Gasteiger charge is 2.10. The van der Waals surface area contributed by atoms with E-state index in [1.54, 1.807) is 0 Å². The van der Waals surface area contributed by atoms with Gasteiger partial charge in [-0.25, -0.2) is 0 Å². The molecule has 0 radical (unpaired) electrons. The molecule has 0 fully saturated rings. The van der Waals surface area contributed by atoms with Gasteiger partial charge in [0.25, 0.3) is 0 Å². The number of nitrogens with two attached hydrogens (primary N) is 1. The molecule has 0 bridgehead atoms. The molecule has 0 aromatic carbocycles. The van der Waals surface area contributed by atoms with E-state index in [1.807, 2.05) is 0 Å². The summed E-state index contributed by atoms with van der Waals surface area (Å²) in [6, 6.07) is 0. The fourth-order valence-electron chi connectivity index (χ4n) is 2.20. The Balaban J connectivity index is 3.37. The van der Waals surface area contributed by atoms with Gasteiger partial charge in [0.05, 0.1) is 0 Å². The summed E-state index contributed by atoms with van der Waals surface area (Å²) in [5.74, 6) is 2.52. The number of rotatable bonds is 9. The zero-order valence-corrected chi connectivity index (χ0v) is 11.3. The molecule has 0 aliphatic carbocycles. The smallest absolute Gasteiger partial charge is 0.00515 e. The third-order valence-electron chi connectivity index (χ3n) is 3.64. The van der Waals surface area contributed by atoms with Gasteiger partial charge in [-0.05, 0) is 30.7 Å². The molecule has 1 heteroatoms. The van der Waals surface area contributed by atoms with Crippen molar-refractivity contribution in [3.63, 3.8) is 0 Å². The lowest BCUT2D eigenvalue weighted by atomic mass is 9.88. The predicted molar refractivity (Wildman–Crippen MR) is 69.9 cm³/mol. The van der Waals surface area contributed by atoms with Crippen LogP contribution in [0.5, 0.6) is 0 Å². The number of hydrogen-bond donors (Lipinski definition) is 1. The van der Waals surface area contributed by atoms with E-state index in [2.05, 4.69) is 27.7 Å². The molecule has 15 heavy (non-hydrogen) atoms. The molecule has 0 spiro atoms.